The second kappa shape index (κ2) is 19.4. The van der Waals surface area contributed by atoms with Crippen LogP contribution in [0.2, 0.25) is 0 Å². The molecule has 0 aliphatic heterocycles. The van der Waals surface area contributed by atoms with Crippen LogP contribution >= 0.6 is 0 Å². The van der Waals surface area contributed by atoms with Crippen LogP contribution in [0.5, 0.6) is 0 Å². The van der Waals surface area contributed by atoms with Crippen LogP contribution in [0.4, 0.5) is 28.9 Å². The van der Waals surface area contributed by atoms with Crippen molar-refractivity contribution in [2.24, 2.45) is 0 Å². The van der Waals surface area contributed by atoms with Gasteiger partial charge in [0.05, 0.1) is 12.2 Å². The van der Waals surface area contributed by atoms with Crippen LogP contribution in [-0.2, 0) is 19.1 Å². The van der Waals surface area contributed by atoms with Gasteiger partial charge in [-0.05, 0) is 31.5 Å². The molecule has 0 spiro atoms. The Hall–Kier alpha value is -3.76. The SMILES string of the molecule is C=O.C=O.CCC.CCCN(C[C@@H](C)OC(C)=O)c1cc(C(=O)Nc2cc(F)c(F)c(F)c2)ccc1F. The minimum atomic E-state index is -1.64. The van der Waals surface area contributed by atoms with E-state index < -0.39 is 41.2 Å². The van der Waals surface area contributed by atoms with E-state index in [1.54, 1.807) is 11.8 Å². The van der Waals surface area contributed by atoms with E-state index >= 15 is 0 Å². The maximum atomic E-state index is 14.5. The highest BCUT2D eigenvalue weighted by atomic mass is 19.2. The second-order valence-electron chi connectivity index (χ2n) is 7.45. The van der Waals surface area contributed by atoms with E-state index in [0.29, 0.717) is 25.1 Å². The molecule has 11 heteroatoms. The number of amides is 1. The molecule has 2 aromatic carbocycles. The highest BCUT2D eigenvalue weighted by Crippen LogP contribution is 2.24. The average molecular weight is 531 g/mol. The Morgan fingerprint density at radius 2 is 1.46 bits per heavy atom. The van der Waals surface area contributed by atoms with Crippen LogP contribution in [0.1, 0.15) is 57.8 Å². The Morgan fingerprint density at radius 1 is 0.946 bits per heavy atom. The number of hydrogen-bond acceptors (Lipinski definition) is 6. The second-order valence-corrected chi connectivity index (χ2v) is 7.45. The lowest BCUT2D eigenvalue weighted by Gasteiger charge is -2.28. The molecule has 1 amide bonds. The number of carbonyl (C=O) groups excluding carboxylic acids is 4. The van der Waals surface area contributed by atoms with E-state index in [1.807, 2.05) is 20.5 Å². The fourth-order valence-corrected chi connectivity index (χ4v) is 2.94. The molecule has 0 aliphatic carbocycles. The van der Waals surface area contributed by atoms with Crippen molar-refractivity contribution in [3.63, 3.8) is 0 Å². The van der Waals surface area contributed by atoms with Crippen LogP contribution in [0.3, 0.4) is 0 Å². The smallest absolute Gasteiger partial charge is 0.302 e. The average Bonchev–Trinajstić information content (AvgIpc) is 2.85. The van der Waals surface area contributed by atoms with Crippen molar-refractivity contribution in [1.29, 1.82) is 0 Å². The molecule has 2 rings (SSSR count). The van der Waals surface area contributed by atoms with Crippen molar-refractivity contribution in [2.75, 3.05) is 23.3 Å². The molecule has 0 bridgehead atoms. The van der Waals surface area contributed by atoms with Crippen LogP contribution in [0, 0.1) is 23.3 Å². The first-order valence-corrected chi connectivity index (χ1v) is 11.3. The number of carbonyl (C=O) groups is 4. The van der Waals surface area contributed by atoms with Crippen molar-refractivity contribution in [3.05, 3.63) is 59.2 Å². The number of anilines is 2. The van der Waals surface area contributed by atoms with Gasteiger partial charge in [-0.3, -0.25) is 9.59 Å². The summed E-state index contributed by atoms with van der Waals surface area (Å²) in [6.45, 7) is 13.7. The Balaban J connectivity index is 0. The van der Waals surface area contributed by atoms with Crippen molar-refractivity contribution in [2.45, 2.75) is 53.6 Å². The zero-order valence-electron chi connectivity index (χ0n) is 21.7. The summed E-state index contributed by atoms with van der Waals surface area (Å²) < 4.78 is 59.3. The third kappa shape index (κ3) is 12.7. The van der Waals surface area contributed by atoms with Gasteiger partial charge in [0, 0.05) is 36.9 Å². The van der Waals surface area contributed by atoms with Crippen molar-refractivity contribution in [3.8, 4) is 0 Å². The lowest BCUT2D eigenvalue weighted by Crippen LogP contribution is -2.34. The van der Waals surface area contributed by atoms with Crippen LogP contribution < -0.4 is 10.2 Å². The number of esters is 1. The van der Waals surface area contributed by atoms with E-state index in [0.717, 1.165) is 6.07 Å². The third-order valence-corrected chi connectivity index (χ3v) is 4.13. The number of nitrogens with one attached hydrogen (secondary N) is 1. The fraction of sp³-hybridized carbons (Fsp3) is 0.385. The predicted molar refractivity (Wildman–Crippen MR) is 135 cm³/mol. The minimum Gasteiger partial charge on any atom is -0.461 e. The Labute approximate surface area is 214 Å². The van der Waals surface area contributed by atoms with Gasteiger partial charge >= 0.3 is 5.97 Å². The van der Waals surface area contributed by atoms with Crippen molar-refractivity contribution in [1.82, 2.24) is 0 Å². The number of rotatable bonds is 8. The van der Waals surface area contributed by atoms with Gasteiger partial charge in [-0.25, -0.2) is 17.6 Å². The molecule has 7 nitrogen and oxygen atoms in total. The van der Waals surface area contributed by atoms with E-state index in [-0.39, 0.29) is 23.5 Å². The van der Waals surface area contributed by atoms with Gasteiger partial charge in [0.25, 0.3) is 5.91 Å². The van der Waals surface area contributed by atoms with Gasteiger partial charge in [0.1, 0.15) is 25.5 Å². The molecule has 1 N–H and O–H groups in total. The largest absolute Gasteiger partial charge is 0.461 e. The van der Waals surface area contributed by atoms with E-state index in [2.05, 4.69) is 19.2 Å². The van der Waals surface area contributed by atoms with E-state index in [9.17, 15) is 27.2 Å². The summed E-state index contributed by atoms with van der Waals surface area (Å²) in [4.78, 5) is 41.2. The van der Waals surface area contributed by atoms with Crippen molar-refractivity contribution < 1.29 is 41.5 Å². The molecular weight excluding hydrogens is 496 g/mol. The third-order valence-electron chi connectivity index (χ3n) is 4.13. The lowest BCUT2D eigenvalue weighted by molar-refractivity contribution is -0.145. The Bertz CT molecular complexity index is 966. The quantitative estimate of drug-likeness (QED) is 0.267. The summed E-state index contributed by atoms with van der Waals surface area (Å²) in [6.07, 6.45) is 1.40. The molecule has 1 atom stereocenters. The molecule has 0 saturated carbocycles. The van der Waals surface area contributed by atoms with Crippen LogP contribution in [0.25, 0.3) is 0 Å². The normalized spacial score (nSPS) is 10.2. The molecule has 2 aromatic rings. The maximum absolute atomic E-state index is 14.5. The van der Waals surface area contributed by atoms with Gasteiger partial charge in [-0.2, -0.15) is 0 Å². The Kier molecular flexibility index (Phi) is 18.6. The monoisotopic (exact) mass is 530 g/mol. The topological polar surface area (TPSA) is 92.8 Å². The molecule has 0 aromatic heterocycles. The highest BCUT2D eigenvalue weighted by Gasteiger charge is 2.19. The number of halogens is 4. The summed E-state index contributed by atoms with van der Waals surface area (Å²) in [6, 6.07) is 4.88. The summed E-state index contributed by atoms with van der Waals surface area (Å²) in [7, 11) is 0. The molecule has 0 radical (unpaired) electrons. The summed E-state index contributed by atoms with van der Waals surface area (Å²) in [5, 5.41) is 2.26. The number of hydrogen-bond donors (Lipinski definition) is 1. The number of ether oxygens (including phenoxy) is 1. The zero-order valence-corrected chi connectivity index (χ0v) is 21.7. The standard InChI is InChI=1S/C21H22F4N2O3.C3H8.2CH2O/c1-4-7-27(11-12(2)30-13(3)28)19-8-14(5-6-16(19)22)21(29)26-15-9-17(23)20(25)18(24)10-15;1-3-2;2*1-2/h5-6,8-10,12H,4,7,11H2,1-3H3,(H,26,29);3H2,1-2H3;2*1H2/t12-;;;/m1.../s1. The minimum absolute atomic E-state index is 0.0257. The van der Waals surface area contributed by atoms with Crippen molar-refractivity contribution >= 4 is 36.8 Å². The highest BCUT2D eigenvalue weighted by molar-refractivity contribution is 6.04. The first kappa shape index (κ1) is 35.4. The van der Waals surface area contributed by atoms with Gasteiger partial charge < -0.3 is 24.5 Å². The predicted octanol–water partition coefficient (Wildman–Crippen LogP) is 5.71. The summed E-state index contributed by atoms with van der Waals surface area (Å²) in [5.41, 5.74) is -0.145. The first-order valence-electron chi connectivity index (χ1n) is 11.3. The fourth-order valence-electron chi connectivity index (χ4n) is 2.94. The molecule has 37 heavy (non-hydrogen) atoms. The zero-order chi connectivity index (χ0) is 29.1. The molecule has 0 heterocycles. The number of benzene rings is 2. The molecule has 206 valence electrons. The van der Waals surface area contributed by atoms with Gasteiger partial charge in [0.2, 0.25) is 0 Å². The van der Waals surface area contributed by atoms with E-state index in [4.69, 9.17) is 14.3 Å². The molecule has 0 unspecified atom stereocenters. The Morgan fingerprint density at radius 3 is 1.92 bits per heavy atom. The van der Waals surface area contributed by atoms with E-state index in [1.165, 1.54) is 25.5 Å². The number of nitrogens with zero attached hydrogens (tertiary/aromatic N) is 1. The molecule has 0 saturated heterocycles. The van der Waals surface area contributed by atoms with Crippen LogP contribution in [-0.4, -0.2) is 44.6 Å². The van der Waals surface area contributed by atoms with Gasteiger partial charge in [-0.1, -0.05) is 27.2 Å². The maximum Gasteiger partial charge on any atom is 0.302 e. The summed E-state index contributed by atoms with van der Waals surface area (Å²) in [5.74, 6) is -6.35. The molecule has 0 aliphatic rings. The summed E-state index contributed by atoms with van der Waals surface area (Å²) >= 11 is 0. The molecular formula is C26H34F4N2O5. The lowest BCUT2D eigenvalue weighted by atomic mass is 10.1. The molecule has 0 fully saturated rings. The van der Waals surface area contributed by atoms with Gasteiger partial charge in [-0.15, -0.1) is 0 Å². The van der Waals surface area contributed by atoms with Gasteiger partial charge in [0.15, 0.2) is 17.5 Å². The van der Waals surface area contributed by atoms with Crippen LogP contribution in [0.15, 0.2) is 30.3 Å². The first-order chi connectivity index (χ1) is 17.5.